The third kappa shape index (κ3) is 4.12. The number of halogens is 4. The van der Waals surface area contributed by atoms with E-state index in [0.717, 1.165) is 11.0 Å². The Morgan fingerprint density at radius 1 is 1.09 bits per heavy atom. The van der Waals surface area contributed by atoms with E-state index in [1.54, 1.807) is 30.1 Å². The molecule has 1 spiro atoms. The highest BCUT2D eigenvalue weighted by Gasteiger charge is 2.49. The average molecular weight is 484 g/mol. The van der Waals surface area contributed by atoms with Crippen molar-refractivity contribution >= 4 is 5.91 Å². The number of amides is 1. The van der Waals surface area contributed by atoms with E-state index in [0.29, 0.717) is 62.2 Å². The van der Waals surface area contributed by atoms with Crippen LogP contribution in [0.5, 0.6) is 11.5 Å². The van der Waals surface area contributed by atoms with Crippen molar-refractivity contribution in [1.29, 1.82) is 0 Å². The smallest absolute Gasteiger partial charge is 0.431 e. The van der Waals surface area contributed by atoms with Gasteiger partial charge in [-0.3, -0.25) is 9.69 Å². The second-order valence-electron chi connectivity index (χ2n) is 8.83. The molecule has 0 aliphatic carbocycles. The predicted octanol–water partition coefficient (Wildman–Crippen LogP) is 4.52. The topological polar surface area (TPSA) is 46.9 Å². The number of likely N-dealkylation sites (tertiary alicyclic amines) is 1. The lowest BCUT2D eigenvalue weighted by Gasteiger charge is -2.50. The summed E-state index contributed by atoms with van der Waals surface area (Å²) in [6.45, 7) is 3.55. The molecule has 10 heteroatoms. The summed E-state index contributed by atoms with van der Waals surface area (Å²) in [5.41, 5.74) is -1.34. The molecule has 1 aromatic heterocycles. The fourth-order valence-corrected chi connectivity index (χ4v) is 5.11. The first-order valence-electron chi connectivity index (χ1n) is 11.4. The lowest BCUT2D eigenvalue weighted by Crippen LogP contribution is -2.57. The molecule has 6 nitrogen and oxygen atoms in total. The zero-order valence-corrected chi connectivity index (χ0v) is 19.5. The molecule has 1 amide bonds. The minimum Gasteiger partial charge on any atom is -0.493 e. The second-order valence-corrected chi connectivity index (χ2v) is 8.83. The first-order valence-corrected chi connectivity index (χ1v) is 11.4. The third-order valence-corrected chi connectivity index (χ3v) is 6.92. The van der Waals surface area contributed by atoms with Crippen LogP contribution in [0.2, 0.25) is 0 Å². The number of hydrogen-bond donors (Lipinski definition) is 0. The van der Waals surface area contributed by atoms with E-state index in [9.17, 15) is 22.4 Å². The quantitative estimate of drug-likeness (QED) is 0.587. The molecule has 2 aliphatic rings. The van der Waals surface area contributed by atoms with E-state index in [4.69, 9.17) is 9.47 Å². The van der Waals surface area contributed by atoms with Gasteiger partial charge in [0.15, 0.2) is 11.5 Å². The van der Waals surface area contributed by atoms with Crippen molar-refractivity contribution in [3.63, 3.8) is 0 Å². The van der Waals surface area contributed by atoms with Crippen molar-refractivity contribution in [3.05, 3.63) is 47.0 Å². The Hall–Kier alpha value is -2.75. The van der Waals surface area contributed by atoms with Gasteiger partial charge in [-0.2, -0.15) is 13.2 Å². The molecule has 0 radical (unpaired) electrons. The molecule has 0 N–H and O–H groups in total. The van der Waals surface area contributed by atoms with Crippen molar-refractivity contribution in [1.82, 2.24) is 14.4 Å². The van der Waals surface area contributed by atoms with Crippen LogP contribution in [0.15, 0.2) is 24.3 Å². The van der Waals surface area contributed by atoms with E-state index in [1.807, 2.05) is 11.8 Å². The highest BCUT2D eigenvalue weighted by Crippen LogP contribution is 2.45. The number of ether oxygens (including phenoxy) is 2. The lowest BCUT2D eigenvalue weighted by atomic mass is 9.81. The van der Waals surface area contributed by atoms with Crippen LogP contribution < -0.4 is 9.47 Å². The Labute approximate surface area is 196 Å². The monoisotopic (exact) mass is 483 g/mol. The Morgan fingerprint density at radius 3 is 2.41 bits per heavy atom. The number of carbonyl (C=O) groups is 1. The van der Waals surface area contributed by atoms with Crippen LogP contribution in [0.1, 0.15) is 47.9 Å². The number of likely N-dealkylation sites (N-methyl/N-ethyl adjacent to an activating group) is 1. The van der Waals surface area contributed by atoms with Gasteiger partial charge >= 0.3 is 6.18 Å². The maximum absolute atomic E-state index is 14.9. The lowest BCUT2D eigenvalue weighted by molar-refractivity contribution is -0.144. The number of benzene rings is 1. The summed E-state index contributed by atoms with van der Waals surface area (Å²) in [5, 5.41) is 0. The maximum atomic E-state index is 14.9. The third-order valence-electron chi connectivity index (χ3n) is 6.92. The molecule has 186 valence electrons. The highest BCUT2D eigenvalue weighted by atomic mass is 19.4. The van der Waals surface area contributed by atoms with Gasteiger partial charge in [-0.25, -0.2) is 4.39 Å². The number of methoxy groups -OCH3 is 1. The standard InChI is InChI=1S/C24H29F4N3O3/c1-4-13-34-18-6-5-16(14-19(18)33-3)22(32)30-9-7-23(8-10-30)21-17(25)15-20(24(26,27)28)31(21)12-11-29(23)2/h5-6,14-15H,4,7-13H2,1-3H3. The van der Waals surface area contributed by atoms with E-state index >= 15 is 0 Å². The van der Waals surface area contributed by atoms with Crippen LogP contribution in [0.25, 0.3) is 0 Å². The van der Waals surface area contributed by atoms with Gasteiger partial charge in [0.2, 0.25) is 0 Å². The fourth-order valence-electron chi connectivity index (χ4n) is 5.11. The molecule has 0 atom stereocenters. The number of fused-ring (bicyclic) bond motifs is 2. The normalized spacial score (nSPS) is 18.1. The molecule has 1 aromatic carbocycles. The van der Waals surface area contributed by atoms with Crippen molar-refractivity contribution in [2.24, 2.45) is 0 Å². The Kier molecular flexibility index (Phi) is 6.54. The van der Waals surface area contributed by atoms with Crippen LogP contribution in [-0.2, 0) is 18.3 Å². The summed E-state index contributed by atoms with van der Waals surface area (Å²) < 4.78 is 67.4. The molecule has 3 heterocycles. The van der Waals surface area contributed by atoms with E-state index in [2.05, 4.69) is 0 Å². The minimum absolute atomic E-state index is 0.0692. The summed E-state index contributed by atoms with van der Waals surface area (Å²) in [4.78, 5) is 16.8. The van der Waals surface area contributed by atoms with Crippen LogP contribution in [0.3, 0.4) is 0 Å². The number of alkyl halides is 3. The number of carbonyl (C=O) groups excluding carboxylic acids is 1. The molecule has 1 saturated heterocycles. The molecule has 1 fully saturated rings. The molecular formula is C24H29F4N3O3. The van der Waals surface area contributed by atoms with Gasteiger partial charge in [0, 0.05) is 37.8 Å². The van der Waals surface area contributed by atoms with Crippen LogP contribution in [-0.4, -0.2) is 60.7 Å². The molecule has 0 unspecified atom stereocenters. The molecule has 4 rings (SSSR count). The molecule has 2 aromatic rings. The van der Waals surface area contributed by atoms with Gasteiger partial charge in [0.05, 0.1) is 24.9 Å². The van der Waals surface area contributed by atoms with Gasteiger partial charge in [-0.1, -0.05) is 6.92 Å². The van der Waals surface area contributed by atoms with E-state index in [-0.39, 0.29) is 18.1 Å². The van der Waals surface area contributed by atoms with Crippen LogP contribution >= 0.6 is 0 Å². The minimum atomic E-state index is -4.63. The number of nitrogens with zero attached hydrogens (tertiary/aromatic N) is 3. The maximum Gasteiger partial charge on any atom is 0.431 e. The zero-order valence-electron chi connectivity index (χ0n) is 19.5. The summed E-state index contributed by atoms with van der Waals surface area (Å²) in [6.07, 6.45) is -3.12. The Balaban J connectivity index is 1.56. The van der Waals surface area contributed by atoms with Crippen LogP contribution in [0.4, 0.5) is 17.6 Å². The summed E-state index contributed by atoms with van der Waals surface area (Å²) in [7, 11) is 3.31. The van der Waals surface area contributed by atoms with Gasteiger partial charge < -0.3 is 18.9 Å². The van der Waals surface area contributed by atoms with Crippen molar-refractivity contribution in [3.8, 4) is 11.5 Å². The van der Waals surface area contributed by atoms with E-state index in [1.165, 1.54) is 7.11 Å². The number of piperidine rings is 1. The summed E-state index contributed by atoms with van der Waals surface area (Å²) in [5.74, 6) is -0.0371. The zero-order chi connectivity index (χ0) is 24.7. The first-order chi connectivity index (χ1) is 16.1. The number of hydrogen-bond acceptors (Lipinski definition) is 4. The van der Waals surface area contributed by atoms with Gasteiger partial charge in [0.1, 0.15) is 11.5 Å². The first kappa shape index (κ1) is 24.4. The van der Waals surface area contributed by atoms with Gasteiger partial charge in [-0.05, 0) is 44.5 Å². The molecule has 34 heavy (non-hydrogen) atoms. The SMILES string of the molecule is CCCOc1ccc(C(=O)N2CCC3(CC2)c2c(F)cc(C(F)(F)F)n2CCN3C)cc1OC. The molecule has 0 saturated carbocycles. The van der Waals surface area contributed by atoms with Gasteiger partial charge in [0.25, 0.3) is 5.91 Å². The second kappa shape index (κ2) is 9.13. The average Bonchev–Trinajstić information content (AvgIpc) is 3.18. The Bertz CT molecular complexity index is 1060. The van der Waals surface area contributed by atoms with Gasteiger partial charge in [-0.15, -0.1) is 0 Å². The van der Waals surface area contributed by atoms with Crippen molar-refractivity contribution < 1.29 is 31.8 Å². The summed E-state index contributed by atoms with van der Waals surface area (Å²) in [6, 6.07) is 5.60. The van der Waals surface area contributed by atoms with Crippen molar-refractivity contribution in [2.45, 2.75) is 44.4 Å². The van der Waals surface area contributed by atoms with Crippen molar-refractivity contribution in [2.75, 3.05) is 40.4 Å². The largest absolute Gasteiger partial charge is 0.493 e. The molecule has 0 bridgehead atoms. The number of rotatable bonds is 5. The molecular weight excluding hydrogens is 454 g/mol. The van der Waals surface area contributed by atoms with E-state index < -0.39 is 23.2 Å². The Morgan fingerprint density at radius 2 is 1.79 bits per heavy atom. The predicted molar refractivity (Wildman–Crippen MR) is 118 cm³/mol. The molecule has 2 aliphatic heterocycles. The summed E-state index contributed by atoms with van der Waals surface area (Å²) >= 11 is 0. The fraction of sp³-hybridized carbons (Fsp3) is 0.542. The highest BCUT2D eigenvalue weighted by molar-refractivity contribution is 5.95. The van der Waals surface area contributed by atoms with Crippen LogP contribution in [0, 0.1) is 5.82 Å². The number of aromatic nitrogens is 1.